The van der Waals surface area contributed by atoms with E-state index in [0.717, 1.165) is 0 Å². The molecule has 0 bridgehead atoms. The average Bonchev–Trinajstić information content (AvgIpc) is 2.99. The first kappa shape index (κ1) is 14.4. The monoisotopic (exact) mass is 315 g/mol. The maximum Gasteiger partial charge on any atom is 0.378 e. The van der Waals surface area contributed by atoms with Gasteiger partial charge in [-0.3, -0.25) is 10.1 Å². The van der Waals surface area contributed by atoms with Crippen LogP contribution in [0.2, 0.25) is 5.02 Å². The van der Waals surface area contributed by atoms with Crippen molar-refractivity contribution >= 4 is 11.6 Å². The minimum absolute atomic E-state index is 0.00109. The third-order valence-electron chi connectivity index (χ3n) is 4.50. The van der Waals surface area contributed by atoms with Crippen LogP contribution in [0.5, 0.6) is 5.75 Å². The van der Waals surface area contributed by atoms with E-state index >= 15 is 0 Å². The second kappa shape index (κ2) is 4.46. The van der Waals surface area contributed by atoms with Gasteiger partial charge >= 0.3 is 5.72 Å². The van der Waals surface area contributed by atoms with Crippen LogP contribution in [0.1, 0.15) is 17.9 Å². The first-order chi connectivity index (χ1) is 10.4. The van der Waals surface area contributed by atoms with E-state index in [1.165, 1.54) is 18.2 Å². The van der Waals surface area contributed by atoms with Crippen LogP contribution in [0.4, 0.5) is 0 Å². The largest absolute Gasteiger partial charge is 0.426 e. The average molecular weight is 316 g/mol. The van der Waals surface area contributed by atoms with E-state index in [9.17, 15) is 20.6 Å². The van der Waals surface area contributed by atoms with Crippen molar-refractivity contribution in [2.24, 2.45) is 11.3 Å². The van der Waals surface area contributed by atoms with Gasteiger partial charge in [0, 0.05) is 10.6 Å². The quantitative estimate of drug-likeness (QED) is 0.474. The SMILES string of the molecule is C=CC1CC(C#N)(C#N)[C@H]2c3cc(Cl)ccc3O[C@@]12[N+](=O)[O-]. The molecule has 6 nitrogen and oxygen atoms in total. The van der Waals surface area contributed by atoms with Gasteiger partial charge in [0.25, 0.3) is 0 Å². The first-order valence-electron chi connectivity index (χ1n) is 6.53. The molecule has 3 rings (SSSR count). The molecule has 7 heteroatoms. The Bertz CT molecular complexity index is 765. The lowest BCUT2D eigenvalue weighted by molar-refractivity contribution is -0.622. The maximum absolute atomic E-state index is 11.8. The highest BCUT2D eigenvalue weighted by atomic mass is 35.5. The normalized spacial score (nSPS) is 30.3. The van der Waals surface area contributed by atoms with Gasteiger partial charge < -0.3 is 4.74 Å². The Labute approximate surface area is 131 Å². The van der Waals surface area contributed by atoms with Crippen LogP contribution < -0.4 is 4.74 Å². The fraction of sp³-hybridized carbons (Fsp3) is 0.333. The van der Waals surface area contributed by atoms with E-state index < -0.39 is 27.9 Å². The van der Waals surface area contributed by atoms with Crippen molar-refractivity contribution in [3.63, 3.8) is 0 Å². The molecule has 1 saturated carbocycles. The van der Waals surface area contributed by atoms with Gasteiger partial charge in [-0.1, -0.05) is 17.7 Å². The fourth-order valence-corrected chi connectivity index (χ4v) is 3.77. The molecule has 110 valence electrons. The van der Waals surface area contributed by atoms with Gasteiger partial charge in [0.05, 0.1) is 23.0 Å². The summed E-state index contributed by atoms with van der Waals surface area (Å²) in [6.07, 6.45) is 1.39. The summed E-state index contributed by atoms with van der Waals surface area (Å²) in [6, 6.07) is 8.54. The summed E-state index contributed by atoms with van der Waals surface area (Å²) < 4.78 is 5.67. The molecule has 1 aliphatic carbocycles. The molecule has 1 aromatic rings. The molecular formula is C15H10ClN3O3. The van der Waals surface area contributed by atoms with Crippen molar-refractivity contribution < 1.29 is 9.66 Å². The Balaban J connectivity index is 2.34. The maximum atomic E-state index is 11.8. The predicted octanol–water partition coefficient (Wildman–Crippen LogP) is 3.03. The minimum Gasteiger partial charge on any atom is -0.426 e. The molecule has 1 aliphatic heterocycles. The molecule has 2 aliphatic rings. The van der Waals surface area contributed by atoms with Gasteiger partial charge in [-0.25, -0.2) is 0 Å². The van der Waals surface area contributed by atoms with Crippen LogP contribution in [-0.4, -0.2) is 10.6 Å². The number of halogens is 1. The number of nitriles is 2. The van der Waals surface area contributed by atoms with Crippen molar-refractivity contribution in [3.05, 3.63) is 51.6 Å². The number of ether oxygens (including phenoxy) is 1. The van der Waals surface area contributed by atoms with E-state index in [0.29, 0.717) is 10.6 Å². The Hall–Kier alpha value is -2.57. The molecule has 0 saturated heterocycles. The van der Waals surface area contributed by atoms with Crippen LogP contribution in [-0.2, 0) is 0 Å². The van der Waals surface area contributed by atoms with Gasteiger partial charge in [-0.15, -0.1) is 6.58 Å². The number of nitro groups is 1. The highest BCUT2D eigenvalue weighted by molar-refractivity contribution is 6.30. The lowest BCUT2D eigenvalue weighted by atomic mass is 9.75. The number of hydrogen-bond donors (Lipinski definition) is 0. The van der Waals surface area contributed by atoms with Crippen molar-refractivity contribution in [2.45, 2.75) is 18.1 Å². The topological polar surface area (TPSA) is 100.0 Å². The molecule has 0 amide bonds. The second-order valence-corrected chi connectivity index (χ2v) is 5.90. The third-order valence-corrected chi connectivity index (χ3v) is 4.74. The molecule has 0 radical (unpaired) electrons. The Kier molecular flexibility index (Phi) is 2.91. The highest BCUT2D eigenvalue weighted by Gasteiger charge is 2.76. The summed E-state index contributed by atoms with van der Waals surface area (Å²) >= 11 is 5.98. The van der Waals surface area contributed by atoms with Gasteiger partial charge in [0.15, 0.2) is 5.41 Å². The molecule has 1 unspecified atom stereocenters. The van der Waals surface area contributed by atoms with E-state index in [-0.39, 0.29) is 12.2 Å². The Morgan fingerprint density at radius 3 is 2.73 bits per heavy atom. The van der Waals surface area contributed by atoms with Crippen molar-refractivity contribution in [1.29, 1.82) is 10.5 Å². The lowest BCUT2D eigenvalue weighted by Crippen LogP contribution is -2.49. The van der Waals surface area contributed by atoms with Crippen molar-refractivity contribution in [2.75, 3.05) is 0 Å². The molecule has 3 atom stereocenters. The molecule has 1 aromatic carbocycles. The van der Waals surface area contributed by atoms with Crippen LogP contribution in [0.3, 0.4) is 0 Å². The predicted molar refractivity (Wildman–Crippen MR) is 76.5 cm³/mol. The van der Waals surface area contributed by atoms with Crippen LogP contribution in [0.15, 0.2) is 30.9 Å². The molecule has 1 heterocycles. The van der Waals surface area contributed by atoms with Crippen LogP contribution in [0, 0.1) is 44.1 Å². The van der Waals surface area contributed by atoms with Crippen molar-refractivity contribution in [3.8, 4) is 17.9 Å². The van der Waals surface area contributed by atoms with E-state index in [1.54, 1.807) is 6.07 Å². The number of hydrogen-bond acceptors (Lipinski definition) is 5. The van der Waals surface area contributed by atoms with Gasteiger partial charge in [0.1, 0.15) is 11.7 Å². The summed E-state index contributed by atoms with van der Waals surface area (Å²) in [7, 11) is 0. The van der Waals surface area contributed by atoms with E-state index in [1.807, 2.05) is 12.1 Å². The first-order valence-corrected chi connectivity index (χ1v) is 6.91. The lowest BCUT2D eigenvalue weighted by Gasteiger charge is -2.24. The standard InChI is InChI=1S/C15H10ClN3O3/c1-2-9-6-14(7-17,8-18)13-11-5-10(16)3-4-12(11)22-15(9,13)19(20)21/h2-5,9,13H,1,6H2/t9?,13-,15+/m1/s1. The molecule has 1 fully saturated rings. The van der Waals surface area contributed by atoms with Crippen LogP contribution >= 0.6 is 11.6 Å². The molecule has 0 N–H and O–H groups in total. The van der Waals surface area contributed by atoms with E-state index in [4.69, 9.17) is 16.3 Å². The smallest absolute Gasteiger partial charge is 0.378 e. The summed E-state index contributed by atoms with van der Waals surface area (Å²) in [4.78, 5) is 11.3. The van der Waals surface area contributed by atoms with Crippen LogP contribution in [0.25, 0.3) is 0 Å². The summed E-state index contributed by atoms with van der Waals surface area (Å²) in [5.74, 6) is -1.48. The molecule has 0 spiro atoms. The molecule has 22 heavy (non-hydrogen) atoms. The van der Waals surface area contributed by atoms with Crippen molar-refractivity contribution in [1.82, 2.24) is 0 Å². The van der Waals surface area contributed by atoms with Gasteiger partial charge in [-0.05, 0) is 24.6 Å². The highest BCUT2D eigenvalue weighted by Crippen LogP contribution is 2.64. The zero-order valence-electron chi connectivity index (χ0n) is 11.3. The zero-order chi connectivity index (χ0) is 16.1. The number of fused-ring (bicyclic) bond motifs is 3. The number of benzene rings is 1. The Morgan fingerprint density at radius 2 is 2.18 bits per heavy atom. The van der Waals surface area contributed by atoms with E-state index in [2.05, 4.69) is 6.58 Å². The summed E-state index contributed by atoms with van der Waals surface area (Å²) in [5, 5.41) is 31.3. The Morgan fingerprint density at radius 1 is 1.50 bits per heavy atom. The van der Waals surface area contributed by atoms with Gasteiger partial charge in [-0.2, -0.15) is 10.5 Å². The second-order valence-electron chi connectivity index (χ2n) is 5.47. The molecular weight excluding hydrogens is 306 g/mol. The fourth-order valence-electron chi connectivity index (χ4n) is 3.59. The van der Waals surface area contributed by atoms with Gasteiger partial charge in [0.2, 0.25) is 0 Å². The zero-order valence-corrected chi connectivity index (χ0v) is 12.1. The summed E-state index contributed by atoms with van der Waals surface area (Å²) in [5.41, 5.74) is -3.01. The number of rotatable bonds is 2. The number of nitrogens with zero attached hydrogens (tertiary/aromatic N) is 3. The third kappa shape index (κ3) is 1.48. The summed E-state index contributed by atoms with van der Waals surface area (Å²) in [6.45, 7) is 3.62. The molecule has 0 aromatic heterocycles. The minimum atomic E-state index is -1.89.